The number of alkyl halides is 2. The van der Waals surface area contributed by atoms with Crippen molar-refractivity contribution in [2.24, 2.45) is 5.41 Å². The molecule has 118 valence electrons. The molecule has 3 N–H and O–H groups in total. The normalized spacial score (nSPS) is 23.8. The average molecular weight is 304 g/mol. The van der Waals surface area contributed by atoms with Crippen LogP contribution in [0.5, 0.6) is 5.75 Å². The van der Waals surface area contributed by atoms with Crippen LogP contribution in [0.25, 0.3) is 0 Å². The standard InChI is InChI=1S/C14H19F3N2O2/c1-14(2)11(6-12(14)20-3)19-9-5-10(21-13(16)17)7(15)4-8(9)18/h4-5,11-13,19H,6,18H2,1-3H3. The van der Waals surface area contributed by atoms with Crippen LogP contribution in [-0.2, 0) is 4.74 Å². The summed E-state index contributed by atoms with van der Waals surface area (Å²) in [6.07, 6.45) is 0.860. The van der Waals surface area contributed by atoms with Crippen LogP contribution in [0.2, 0.25) is 0 Å². The molecule has 1 fully saturated rings. The highest BCUT2D eigenvalue weighted by molar-refractivity contribution is 5.69. The number of hydrogen-bond donors (Lipinski definition) is 2. The minimum absolute atomic E-state index is 0.0506. The third-order valence-electron chi connectivity index (χ3n) is 4.11. The molecule has 1 aliphatic rings. The largest absolute Gasteiger partial charge is 0.432 e. The summed E-state index contributed by atoms with van der Waals surface area (Å²) in [5.41, 5.74) is 6.11. The molecular formula is C14H19F3N2O2. The number of nitrogens with one attached hydrogen (secondary N) is 1. The monoisotopic (exact) mass is 304 g/mol. The maximum Gasteiger partial charge on any atom is 0.387 e. The summed E-state index contributed by atoms with van der Waals surface area (Å²) >= 11 is 0. The molecule has 21 heavy (non-hydrogen) atoms. The molecule has 0 aliphatic heterocycles. The Hall–Kier alpha value is -1.63. The van der Waals surface area contributed by atoms with E-state index in [9.17, 15) is 13.2 Å². The number of nitrogens with two attached hydrogens (primary N) is 1. The van der Waals surface area contributed by atoms with Crippen LogP contribution in [0.1, 0.15) is 20.3 Å². The lowest BCUT2D eigenvalue weighted by atomic mass is 9.64. The zero-order valence-electron chi connectivity index (χ0n) is 12.1. The van der Waals surface area contributed by atoms with E-state index in [2.05, 4.69) is 10.1 Å². The molecule has 0 spiro atoms. The fraction of sp³-hybridized carbons (Fsp3) is 0.571. The zero-order valence-corrected chi connectivity index (χ0v) is 12.1. The van der Waals surface area contributed by atoms with Gasteiger partial charge in [0.25, 0.3) is 0 Å². The summed E-state index contributed by atoms with van der Waals surface area (Å²) in [5, 5.41) is 3.15. The van der Waals surface area contributed by atoms with E-state index in [1.54, 1.807) is 7.11 Å². The van der Waals surface area contributed by atoms with E-state index in [0.717, 1.165) is 18.6 Å². The Labute approximate surface area is 121 Å². The molecule has 7 heteroatoms. The summed E-state index contributed by atoms with van der Waals surface area (Å²) in [6, 6.07) is 2.18. The molecule has 0 heterocycles. The lowest BCUT2D eigenvalue weighted by Gasteiger charge is -2.51. The van der Waals surface area contributed by atoms with Gasteiger partial charge in [0.1, 0.15) is 0 Å². The van der Waals surface area contributed by atoms with Gasteiger partial charge in [0, 0.05) is 30.7 Å². The number of ether oxygens (including phenoxy) is 2. The molecule has 0 saturated heterocycles. The fourth-order valence-corrected chi connectivity index (χ4v) is 2.60. The van der Waals surface area contributed by atoms with Crippen LogP contribution in [0.4, 0.5) is 24.5 Å². The maximum atomic E-state index is 13.5. The molecule has 1 saturated carbocycles. The van der Waals surface area contributed by atoms with Crippen molar-refractivity contribution in [2.75, 3.05) is 18.2 Å². The first-order valence-electron chi connectivity index (χ1n) is 6.59. The van der Waals surface area contributed by atoms with Gasteiger partial charge < -0.3 is 20.5 Å². The van der Waals surface area contributed by atoms with E-state index in [-0.39, 0.29) is 23.2 Å². The number of rotatable bonds is 5. The molecule has 0 aromatic heterocycles. The molecule has 1 aromatic rings. The summed E-state index contributed by atoms with van der Waals surface area (Å²) in [4.78, 5) is 0. The minimum Gasteiger partial charge on any atom is -0.432 e. The Morgan fingerprint density at radius 1 is 1.38 bits per heavy atom. The summed E-state index contributed by atoms with van der Waals surface area (Å²) in [7, 11) is 1.64. The van der Waals surface area contributed by atoms with Crippen molar-refractivity contribution in [2.45, 2.75) is 39.0 Å². The van der Waals surface area contributed by atoms with Gasteiger partial charge in [-0.25, -0.2) is 4.39 Å². The number of anilines is 2. The summed E-state index contributed by atoms with van der Waals surface area (Å²) in [6.45, 7) is 0.964. The van der Waals surface area contributed by atoms with Crippen molar-refractivity contribution in [3.8, 4) is 5.75 Å². The Bertz CT molecular complexity index is 523. The minimum atomic E-state index is -3.09. The second-order valence-electron chi connectivity index (χ2n) is 5.73. The number of hydrogen-bond acceptors (Lipinski definition) is 4. The Kier molecular flexibility index (Phi) is 4.22. The number of methoxy groups -OCH3 is 1. The van der Waals surface area contributed by atoms with Crippen LogP contribution >= 0.6 is 0 Å². The van der Waals surface area contributed by atoms with Gasteiger partial charge >= 0.3 is 6.61 Å². The summed E-state index contributed by atoms with van der Waals surface area (Å²) < 4.78 is 47.5. The first-order valence-corrected chi connectivity index (χ1v) is 6.59. The van der Waals surface area contributed by atoms with Crippen LogP contribution < -0.4 is 15.8 Å². The predicted octanol–water partition coefficient (Wildman–Crippen LogP) is 3.23. The highest BCUT2D eigenvalue weighted by atomic mass is 19.3. The third kappa shape index (κ3) is 3.02. The molecule has 2 unspecified atom stereocenters. The van der Waals surface area contributed by atoms with Gasteiger partial charge in [0.2, 0.25) is 0 Å². The van der Waals surface area contributed by atoms with E-state index in [1.807, 2.05) is 13.8 Å². The van der Waals surface area contributed by atoms with Crippen LogP contribution in [0.3, 0.4) is 0 Å². The molecule has 1 aromatic carbocycles. The first kappa shape index (κ1) is 15.8. The fourth-order valence-electron chi connectivity index (χ4n) is 2.60. The third-order valence-corrected chi connectivity index (χ3v) is 4.11. The van der Waals surface area contributed by atoms with Crippen LogP contribution in [-0.4, -0.2) is 25.9 Å². The van der Waals surface area contributed by atoms with Gasteiger partial charge in [-0.1, -0.05) is 13.8 Å². The van der Waals surface area contributed by atoms with Gasteiger partial charge in [0.05, 0.1) is 17.5 Å². The first-order chi connectivity index (χ1) is 9.75. The number of nitrogen functional groups attached to an aromatic ring is 1. The zero-order chi connectivity index (χ0) is 15.8. The average Bonchev–Trinajstić information content (AvgIpc) is 2.38. The van der Waals surface area contributed by atoms with Crippen molar-refractivity contribution >= 4 is 11.4 Å². The van der Waals surface area contributed by atoms with Gasteiger partial charge in [-0.3, -0.25) is 0 Å². The van der Waals surface area contributed by atoms with Crippen LogP contribution in [0, 0.1) is 11.2 Å². The quantitative estimate of drug-likeness (QED) is 0.820. The predicted molar refractivity (Wildman–Crippen MR) is 74.1 cm³/mol. The van der Waals surface area contributed by atoms with Crippen molar-refractivity contribution < 1.29 is 22.6 Å². The number of halogens is 3. The lowest BCUT2D eigenvalue weighted by molar-refractivity contribution is -0.0794. The van der Waals surface area contributed by atoms with E-state index >= 15 is 0 Å². The second kappa shape index (κ2) is 5.63. The van der Waals surface area contributed by atoms with E-state index < -0.39 is 18.2 Å². The van der Waals surface area contributed by atoms with Gasteiger partial charge in [-0.05, 0) is 6.42 Å². The van der Waals surface area contributed by atoms with E-state index in [0.29, 0.717) is 5.69 Å². The molecule has 2 atom stereocenters. The molecule has 0 bridgehead atoms. The van der Waals surface area contributed by atoms with Gasteiger partial charge in [-0.2, -0.15) is 8.78 Å². The van der Waals surface area contributed by atoms with Crippen molar-refractivity contribution in [1.29, 1.82) is 0 Å². The van der Waals surface area contributed by atoms with Crippen molar-refractivity contribution in [3.63, 3.8) is 0 Å². The molecular weight excluding hydrogens is 285 g/mol. The highest BCUT2D eigenvalue weighted by Crippen LogP contribution is 2.45. The maximum absolute atomic E-state index is 13.5. The molecule has 1 aliphatic carbocycles. The second-order valence-corrected chi connectivity index (χ2v) is 5.73. The molecule has 2 rings (SSSR count). The van der Waals surface area contributed by atoms with Gasteiger partial charge in [-0.15, -0.1) is 0 Å². The Balaban J connectivity index is 2.17. The Morgan fingerprint density at radius 3 is 2.57 bits per heavy atom. The van der Waals surface area contributed by atoms with Crippen molar-refractivity contribution in [1.82, 2.24) is 0 Å². The Morgan fingerprint density at radius 2 is 2.05 bits per heavy atom. The lowest BCUT2D eigenvalue weighted by Crippen LogP contribution is -2.57. The van der Waals surface area contributed by atoms with Crippen LogP contribution in [0.15, 0.2) is 12.1 Å². The smallest absolute Gasteiger partial charge is 0.387 e. The van der Waals surface area contributed by atoms with E-state index in [4.69, 9.17) is 10.5 Å². The van der Waals surface area contributed by atoms with Gasteiger partial charge in [0.15, 0.2) is 11.6 Å². The van der Waals surface area contributed by atoms with E-state index in [1.165, 1.54) is 0 Å². The molecule has 0 amide bonds. The highest BCUT2D eigenvalue weighted by Gasteiger charge is 2.48. The summed E-state index contributed by atoms with van der Waals surface area (Å²) in [5.74, 6) is -1.44. The number of benzene rings is 1. The molecule has 0 radical (unpaired) electrons. The topological polar surface area (TPSA) is 56.5 Å². The van der Waals surface area contributed by atoms with Crippen molar-refractivity contribution in [3.05, 3.63) is 17.9 Å². The molecule has 4 nitrogen and oxygen atoms in total. The SMILES string of the molecule is COC1CC(Nc2cc(OC(F)F)c(F)cc2N)C1(C)C.